The Labute approximate surface area is 112 Å². The number of aliphatic carboxylic acids is 1. The Bertz CT molecular complexity index is 304. The first-order valence-electron chi connectivity index (χ1n) is 6.56. The molecule has 0 saturated carbocycles. The fraction of sp³-hybridized carbons (Fsp3) is 0.833. The summed E-state index contributed by atoms with van der Waals surface area (Å²) < 4.78 is 5.24. The van der Waals surface area contributed by atoms with E-state index in [-0.39, 0.29) is 32.2 Å². The van der Waals surface area contributed by atoms with Crippen molar-refractivity contribution in [3.8, 4) is 0 Å². The Morgan fingerprint density at radius 1 is 1.42 bits per heavy atom. The van der Waals surface area contributed by atoms with Gasteiger partial charge in [-0.2, -0.15) is 0 Å². The van der Waals surface area contributed by atoms with E-state index >= 15 is 0 Å². The zero-order valence-electron chi connectivity index (χ0n) is 11.2. The van der Waals surface area contributed by atoms with Gasteiger partial charge in [-0.1, -0.05) is 6.92 Å². The highest BCUT2D eigenvalue weighted by atomic mass is 16.5. The van der Waals surface area contributed by atoms with Gasteiger partial charge in [0.25, 0.3) is 0 Å². The van der Waals surface area contributed by atoms with E-state index in [0.717, 1.165) is 6.42 Å². The van der Waals surface area contributed by atoms with E-state index < -0.39 is 12.0 Å². The number of carboxylic acid groups (broad SMARTS) is 1. The fourth-order valence-corrected chi connectivity index (χ4v) is 2.15. The van der Waals surface area contributed by atoms with Crippen LogP contribution in [0.15, 0.2) is 0 Å². The molecule has 0 aromatic rings. The van der Waals surface area contributed by atoms with Crippen LogP contribution in [0, 0.1) is 0 Å². The first kappa shape index (κ1) is 15.7. The summed E-state index contributed by atoms with van der Waals surface area (Å²) in [4.78, 5) is 26.3. The highest BCUT2D eigenvalue weighted by Gasteiger charge is 2.31. The molecule has 0 bridgehead atoms. The molecule has 0 spiro atoms. The number of ether oxygens (including phenoxy) is 1. The predicted octanol–water partition coefficient (Wildman–Crippen LogP) is -0.0138. The van der Waals surface area contributed by atoms with E-state index in [2.05, 4.69) is 0 Å². The van der Waals surface area contributed by atoms with Gasteiger partial charge in [-0.3, -0.25) is 4.79 Å². The maximum atomic E-state index is 12.4. The molecule has 1 rings (SSSR count). The SMILES string of the molecule is CCCN(CCO)C(=O)N1CCOCC1CC(=O)O. The number of aliphatic hydroxyl groups is 1. The van der Waals surface area contributed by atoms with Crippen LogP contribution in [0.5, 0.6) is 0 Å². The molecule has 19 heavy (non-hydrogen) atoms. The summed E-state index contributed by atoms with van der Waals surface area (Å²) in [7, 11) is 0. The van der Waals surface area contributed by atoms with Gasteiger partial charge in [-0.05, 0) is 6.42 Å². The van der Waals surface area contributed by atoms with Crippen molar-refractivity contribution in [2.45, 2.75) is 25.8 Å². The largest absolute Gasteiger partial charge is 0.481 e. The molecule has 1 aliphatic heterocycles. The molecule has 2 amide bonds. The van der Waals surface area contributed by atoms with Crippen LogP contribution in [0.4, 0.5) is 4.79 Å². The molecule has 1 atom stereocenters. The van der Waals surface area contributed by atoms with Gasteiger partial charge in [0.1, 0.15) is 0 Å². The van der Waals surface area contributed by atoms with Crippen molar-refractivity contribution < 1.29 is 24.5 Å². The smallest absolute Gasteiger partial charge is 0.320 e. The Kier molecular flexibility index (Phi) is 6.58. The third-order valence-electron chi connectivity index (χ3n) is 3.02. The van der Waals surface area contributed by atoms with Crippen LogP contribution in [0.1, 0.15) is 19.8 Å². The minimum atomic E-state index is -0.947. The number of urea groups is 1. The summed E-state index contributed by atoms with van der Waals surface area (Å²) in [6.07, 6.45) is 0.671. The minimum Gasteiger partial charge on any atom is -0.481 e. The van der Waals surface area contributed by atoms with Crippen molar-refractivity contribution >= 4 is 12.0 Å². The molecule has 1 unspecified atom stereocenters. The van der Waals surface area contributed by atoms with Gasteiger partial charge in [0.2, 0.25) is 0 Å². The number of carboxylic acids is 1. The number of amides is 2. The van der Waals surface area contributed by atoms with Crippen molar-refractivity contribution in [1.29, 1.82) is 0 Å². The van der Waals surface area contributed by atoms with Gasteiger partial charge < -0.3 is 24.7 Å². The monoisotopic (exact) mass is 274 g/mol. The molecule has 7 nitrogen and oxygen atoms in total. The molecule has 1 fully saturated rings. The topological polar surface area (TPSA) is 90.3 Å². The Hall–Kier alpha value is -1.34. The van der Waals surface area contributed by atoms with Gasteiger partial charge in [0.05, 0.1) is 32.3 Å². The average Bonchev–Trinajstić information content (AvgIpc) is 2.38. The van der Waals surface area contributed by atoms with Gasteiger partial charge in [-0.15, -0.1) is 0 Å². The van der Waals surface area contributed by atoms with Crippen LogP contribution in [-0.2, 0) is 9.53 Å². The lowest BCUT2D eigenvalue weighted by Gasteiger charge is -2.38. The maximum absolute atomic E-state index is 12.4. The van der Waals surface area contributed by atoms with E-state index in [0.29, 0.717) is 19.7 Å². The van der Waals surface area contributed by atoms with Gasteiger partial charge in [0.15, 0.2) is 0 Å². The molecule has 0 aromatic carbocycles. The molecule has 0 aromatic heterocycles. The van der Waals surface area contributed by atoms with E-state index in [1.165, 1.54) is 0 Å². The molecule has 0 aliphatic carbocycles. The Morgan fingerprint density at radius 2 is 2.16 bits per heavy atom. The van der Waals surface area contributed by atoms with Gasteiger partial charge >= 0.3 is 12.0 Å². The maximum Gasteiger partial charge on any atom is 0.320 e. The zero-order valence-corrected chi connectivity index (χ0v) is 11.2. The van der Waals surface area contributed by atoms with E-state index in [9.17, 15) is 9.59 Å². The second-order valence-electron chi connectivity index (χ2n) is 4.51. The lowest BCUT2D eigenvalue weighted by atomic mass is 10.1. The van der Waals surface area contributed by atoms with Crippen LogP contribution >= 0.6 is 0 Å². The van der Waals surface area contributed by atoms with Gasteiger partial charge in [-0.25, -0.2) is 4.79 Å². The number of carbonyl (C=O) groups excluding carboxylic acids is 1. The molecular weight excluding hydrogens is 252 g/mol. The molecule has 1 heterocycles. The van der Waals surface area contributed by atoms with E-state index in [4.69, 9.17) is 14.9 Å². The molecule has 7 heteroatoms. The number of aliphatic hydroxyl groups excluding tert-OH is 1. The Balaban J connectivity index is 2.70. The fourth-order valence-electron chi connectivity index (χ4n) is 2.15. The second kappa shape index (κ2) is 7.96. The van der Waals surface area contributed by atoms with E-state index in [1.54, 1.807) is 9.80 Å². The quantitative estimate of drug-likeness (QED) is 0.710. The molecule has 1 aliphatic rings. The average molecular weight is 274 g/mol. The molecule has 2 N–H and O–H groups in total. The normalized spacial score (nSPS) is 19.3. The van der Waals surface area contributed by atoms with Crippen LogP contribution in [-0.4, -0.2) is 77.5 Å². The number of rotatable bonds is 6. The molecule has 110 valence electrons. The number of carbonyl (C=O) groups is 2. The Morgan fingerprint density at radius 3 is 2.74 bits per heavy atom. The first-order chi connectivity index (χ1) is 9.10. The summed E-state index contributed by atoms with van der Waals surface area (Å²) in [5.74, 6) is -0.947. The number of hydrogen-bond donors (Lipinski definition) is 2. The third kappa shape index (κ3) is 4.68. The van der Waals surface area contributed by atoms with Crippen molar-refractivity contribution in [3.05, 3.63) is 0 Å². The molecule has 0 radical (unpaired) electrons. The van der Waals surface area contributed by atoms with E-state index in [1.807, 2.05) is 6.92 Å². The summed E-state index contributed by atoms with van der Waals surface area (Å²) in [6.45, 7) is 3.73. The van der Waals surface area contributed by atoms with Crippen LogP contribution in [0.2, 0.25) is 0 Å². The lowest BCUT2D eigenvalue weighted by Crippen LogP contribution is -2.54. The summed E-state index contributed by atoms with van der Waals surface area (Å²) >= 11 is 0. The van der Waals surface area contributed by atoms with Gasteiger partial charge in [0, 0.05) is 19.6 Å². The van der Waals surface area contributed by atoms with Crippen molar-refractivity contribution in [2.24, 2.45) is 0 Å². The zero-order chi connectivity index (χ0) is 14.3. The summed E-state index contributed by atoms with van der Waals surface area (Å²) in [6, 6.07) is -0.651. The standard InChI is InChI=1S/C12H22N2O5/c1-2-3-13(4-6-15)12(18)14-5-7-19-9-10(14)8-11(16)17/h10,15H,2-9H2,1H3,(H,16,17). The highest BCUT2D eigenvalue weighted by molar-refractivity contribution is 5.76. The second-order valence-corrected chi connectivity index (χ2v) is 4.51. The van der Waals surface area contributed by atoms with Crippen molar-refractivity contribution in [2.75, 3.05) is 39.5 Å². The first-order valence-corrected chi connectivity index (χ1v) is 6.56. The van der Waals surface area contributed by atoms with Crippen LogP contribution in [0.25, 0.3) is 0 Å². The van der Waals surface area contributed by atoms with Crippen molar-refractivity contribution in [1.82, 2.24) is 9.80 Å². The van der Waals surface area contributed by atoms with Crippen LogP contribution in [0.3, 0.4) is 0 Å². The number of morpholine rings is 1. The predicted molar refractivity (Wildman–Crippen MR) is 67.9 cm³/mol. The molecular formula is C12H22N2O5. The highest BCUT2D eigenvalue weighted by Crippen LogP contribution is 2.13. The number of nitrogens with zero attached hydrogens (tertiary/aromatic N) is 2. The van der Waals surface area contributed by atoms with Crippen molar-refractivity contribution in [3.63, 3.8) is 0 Å². The molecule has 1 saturated heterocycles. The van der Waals surface area contributed by atoms with Crippen LogP contribution < -0.4 is 0 Å². The third-order valence-corrected chi connectivity index (χ3v) is 3.02. The minimum absolute atomic E-state index is 0.0975. The number of hydrogen-bond acceptors (Lipinski definition) is 4. The lowest BCUT2D eigenvalue weighted by molar-refractivity contribution is -0.139. The summed E-state index contributed by atoms with van der Waals surface area (Å²) in [5.41, 5.74) is 0. The summed E-state index contributed by atoms with van der Waals surface area (Å²) in [5, 5.41) is 17.9.